The van der Waals surface area contributed by atoms with Gasteiger partial charge in [0.25, 0.3) is 5.91 Å². The molecule has 2 aromatic rings. The largest absolute Gasteiger partial charge is 0.494 e. The van der Waals surface area contributed by atoms with Gasteiger partial charge in [0.1, 0.15) is 5.75 Å². The fourth-order valence-corrected chi connectivity index (χ4v) is 2.00. The minimum absolute atomic E-state index is 0.0812. The molecule has 0 radical (unpaired) electrons. The second kappa shape index (κ2) is 7.98. The molecule has 0 unspecified atom stereocenters. The first-order valence-electron chi connectivity index (χ1n) is 7.46. The number of hydrogen-bond acceptors (Lipinski definition) is 3. The topological polar surface area (TPSA) is 67.4 Å². The van der Waals surface area contributed by atoms with E-state index in [1.54, 1.807) is 24.3 Å². The van der Waals surface area contributed by atoms with Crippen LogP contribution < -0.4 is 15.4 Å². The Morgan fingerprint density at radius 2 is 1.65 bits per heavy atom. The third-order valence-electron chi connectivity index (χ3n) is 3.18. The van der Waals surface area contributed by atoms with Crippen molar-refractivity contribution in [2.45, 2.75) is 20.4 Å². The molecule has 0 heterocycles. The van der Waals surface area contributed by atoms with Gasteiger partial charge in [0.15, 0.2) is 0 Å². The van der Waals surface area contributed by atoms with Crippen molar-refractivity contribution >= 4 is 17.5 Å². The Morgan fingerprint density at radius 3 is 2.22 bits per heavy atom. The van der Waals surface area contributed by atoms with E-state index in [1.165, 1.54) is 6.92 Å². The zero-order chi connectivity index (χ0) is 16.7. The van der Waals surface area contributed by atoms with Gasteiger partial charge in [0.05, 0.1) is 6.61 Å². The van der Waals surface area contributed by atoms with Gasteiger partial charge in [-0.25, -0.2) is 0 Å². The van der Waals surface area contributed by atoms with Gasteiger partial charge >= 0.3 is 0 Å². The standard InChI is InChI=1S/C18H20N2O3/c1-3-23-17-10-8-16(9-11-17)20-18(22)15-6-4-14(5-7-15)12-19-13(2)21/h4-11H,3,12H2,1-2H3,(H,19,21)(H,20,22). The lowest BCUT2D eigenvalue weighted by molar-refractivity contribution is -0.119. The van der Waals surface area contributed by atoms with Crippen LogP contribution in [-0.4, -0.2) is 18.4 Å². The summed E-state index contributed by atoms with van der Waals surface area (Å²) in [6.07, 6.45) is 0. The quantitative estimate of drug-likeness (QED) is 0.861. The summed E-state index contributed by atoms with van der Waals surface area (Å²) in [5.41, 5.74) is 2.21. The maximum atomic E-state index is 12.2. The molecule has 0 aliphatic rings. The molecule has 5 nitrogen and oxygen atoms in total. The monoisotopic (exact) mass is 312 g/mol. The molecule has 23 heavy (non-hydrogen) atoms. The Bertz CT molecular complexity index is 664. The second-order valence-electron chi connectivity index (χ2n) is 5.02. The number of nitrogens with one attached hydrogen (secondary N) is 2. The Balaban J connectivity index is 1.95. The maximum absolute atomic E-state index is 12.2. The molecule has 2 rings (SSSR count). The van der Waals surface area contributed by atoms with Crippen LogP contribution in [0.2, 0.25) is 0 Å². The molecular weight excluding hydrogens is 292 g/mol. The molecule has 0 bridgehead atoms. The van der Waals surface area contributed by atoms with Crippen LogP contribution in [0.4, 0.5) is 5.69 Å². The molecule has 2 aromatic carbocycles. The number of anilines is 1. The minimum Gasteiger partial charge on any atom is -0.494 e. The Hall–Kier alpha value is -2.82. The van der Waals surface area contributed by atoms with E-state index in [0.29, 0.717) is 24.4 Å². The first-order valence-corrected chi connectivity index (χ1v) is 7.46. The van der Waals surface area contributed by atoms with E-state index in [2.05, 4.69) is 10.6 Å². The highest BCUT2D eigenvalue weighted by atomic mass is 16.5. The summed E-state index contributed by atoms with van der Waals surface area (Å²) < 4.78 is 5.36. The Morgan fingerprint density at radius 1 is 1.00 bits per heavy atom. The summed E-state index contributed by atoms with van der Waals surface area (Å²) >= 11 is 0. The highest BCUT2D eigenvalue weighted by Crippen LogP contribution is 2.16. The van der Waals surface area contributed by atoms with Crippen LogP contribution in [0, 0.1) is 0 Å². The van der Waals surface area contributed by atoms with Crippen molar-refractivity contribution in [3.8, 4) is 5.75 Å². The maximum Gasteiger partial charge on any atom is 0.255 e. The zero-order valence-electron chi connectivity index (χ0n) is 13.3. The third-order valence-corrected chi connectivity index (χ3v) is 3.18. The minimum atomic E-state index is -0.180. The SMILES string of the molecule is CCOc1ccc(NC(=O)c2ccc(CNC(C)=O)cc2)cc1. The fraction of sp³-hybridized carbons (Fsp3) is 0.222. The molecular formula is C18H20N2O3. The Kier molecular flexibility index (Phi) is 5.74. The molecule has 0 aliphatic carbocycles. The van der Waals surface area contributed by atoms with Gasteiger partial charge in [-0.3, -0.25) is 9.59 Å². The smallest absolute Gasteiger partial charge is 0.255 e. The van der Waals surface area contributed by atoms with E-state index in [0.717, 1.165) is 11.3 Å². The van der Waals surface area contributed by atoms with Crippen molar-refractivity contribution in [2.75, 3.05) is 11.9 Å². The number of rotatable bonds is 6. The summed E-state index contributed by atoms with van der Waals surface area (Å²) in [7, 11) is 0. The van der Waals surface area contributed by atoms with E-state index in [1.807, 2.05) is 31.2 Å². The fourth-order valence-electron chi connectivity index (χ4n) is 2.00. The Labute approximate surface area is 135 Å². The normalized spacial score (nSPS) is 10.0. The molecule has 0 aliphatic heterocycles. The molecule has 0 saturated heterocycles. The van der Waals surface area contributed by atoms with Crippen LogP contribution in [0.15, 0.2) is 48.5 Å². The van der Waals surface area contributed by atoms with E-state index in [-0.39, 0.29) is 11.8 Å². The average molecular weight is 312 g/mol. The number of carbonyl (C=O) groups is 2. The zero-order valence-corrected chi connectivity index (χ0v) is 13.3. The lowest BCUT2D eigenvalue weighted by Crippen LogP contribution is -2.19. The molecule has 0 saturated carbocycles. The van der Waals surface area contributed by atoms with Crippen LogP contribution in [-0.2, 0) is 11.3 Å². The van der Waals surface area contributed by atoms with Gasteiger partial charge < -0.3 is 15.4 Å². The van der Waals surface area contributed by atoms with Crippen LogP contribution in [0.5, 0.6) is 5.75 Å². The predicted molar refractivity (Wildman–Crippen MR) is 89.5 cm³/mol. The van der Waals surface area contributed by atoms with E-state index >= 15 is 0 Å². The van der Waals surface area contributed by atoms with Crippen molar-refractivity contribution in [2.24, 2.45) is 0 Å². The van der Waals surface area contributed by atoms with Crippen molar-refractivity contribution < 1.29 is 14.3 Å². The molecule has 5 heteroatoms. The van der Waals surface area contributed by atoms with Crippen LogP contribution in [0.25, 0.3) is 0 Å². The highest BCUT2D eigenvalue weighted by molar-refractivity contribution is 6.04. The van der Waals surface area contributed by atoms with E-state index in [4.69, 9.17) is 4.74 Å². The summed E-state index contributed by atoms with van der Waals surface area (Å²) in [4.78, 5) is 23.1. The van der Waals surface area contributed by atoms with Gasteiger partial charge in [-0.15, -0.1) is 0 Å². The summed E-state index contributed by atoms with van der Waals surface area (Å²) in [5, 5.41) is 5.55. The van der Waals surface area contributed by atoms with Gasteiger partial charge in [-0.05, 0) is 48.9 Å². The number of hydrogen-bond donors (Lipinski definition) is 2. The molecule has 0 spiro atoms. The lowest BCUT2D eigenvalue weighted by Gasteiger charge is -2.08. The number of carbonyl (C=O) groups excluding carboxylic acids is 2. The van der Waals surface area contributed by atoms with Crippen molar-refractivity contribution in [3.63, 3.8) is 0 Å². The van der Waals surface area contributed by atoms with Gasteiger partial charge in [-0.2, -0.15) is 0 Å². The van der Waals surface area contributed by atoms with Gasteiger partial charge in [0, 0.05) is 24.7 Å². The van der Waals surface area contributed by atoms with Crippen molar-refractivity contribution in [1.82, 2.24) is 5.32 Å². The van der Waals surface area contributed by atoms with Crippen LogP contribution in [0.3, 0.4) is 0 Å². The number of ether oxygens (including phenoxy) is 1. The molecule has 0 atom stereocenters. The first-order chi connectivity index (χ1) is 11.1. The molecule has 0 fully saturated rings. The average Bonchev–Trinajstić information content (AvgIpc) is 2.55. The molecule has 0 aromatic heterocycles. The highest BCUT2D eigenvalue weighted by Gasteiger charge is 2.06. The van der Waals surface area contributed by atoms with Crippen molar-refractivity contribution in [1.29, 1.82) is 0 Å². The van der Waals surface area contributed by atoms with E-state index < -0.39 is 0 Å². The summed E-state index contributed by atoms with van der Waals surface area (Å²) in [6.45, 7) is 4.45. The van der Waals surface area contributed by atoms with E-state index in [9.17, 15) is 9.59 Å². The predicted octanol–water partition coefficient (Wildman–Crippen LogP) is 2.97. The molecule has 120 valence electrons. The van der Waals surface area contributed by atoms with Gasteiger partial charge in [0.2, 0.25) is 5.91 Å². The summed E-state index contributed by atoms with van der Waals surface area (Å²) in [6, 6.07) is 14.3. The first kappa shape index (κ1) is 16.5. The number of amides is 2. The lowest BCUT2D eigenvalue weighted by atomic mass is 10.1. The molecule has 2 N–H and O–H groups in total. The molecule has 2 amide bonds. The summed E-state index contributed by atoms with van der Waals surface area (Å²) in [5.74, 6) is 0.510. The van der Waals surface area contributed by atoms with Crippen molar-refractivity contribution in [3.05, 3.63) is 59.7 Å². The van der Waals surface area contributed by atoms with Crippen LogP contribution >= 0.6 is 0 Å². The van der Waals surface area contributed by atoms with Crippen LogP contribution in [0.1, 0.15) is 29.8 Å². The number of benzene rings is 2. The van der Waals surface area contributed by atoms with Gasteiger partial charge in [-0.1, -0.05) is 12.1 Å². The second-order valence-corrected chi connectivity index (χ2v) is 5.02. The third kappa shape index (κ3) is 5.14.